The zero-order chi connectivity index (χ0) is 13.0. The highest BCUT2D eigenvalue weighted by molar-refractivity contribution is 9.09. The molecule has 0 amide bonds. The molecule has 0 saturated heterocycles. The van der Waals surface area contributed by atoms with Gasteiger partial charge < -0.3 is 0 Å². The van der Waals surface area contributed by atoms with Gasteiger partial charge in [-0.1, -0.05) is 70.0 Å². The summed E-state index contributed by atoms with van der Waals surface area (Å²) >= 11 is 9.91. The first-order chi connectivity index (χ1) is 8.70. The van der Waals surface area contributed by atoms with Gasteiger partial charge in [0.15, 0.2) is 0 Å². The number of rotatable bonds is 4. The average molecular weight is 324 g/mol. The van der Waals surface area contributed by atoms with Crippen molar-refractivity contribution in [3.8, 4) is 0 Å². The van der Waals surface area contributed by atoms with Gasteiger partial charge in [-0.05, 0) is 42.0 Å². The minimum Gasteiger partial charge on any atom is -0.0921 e. The van der Waals surface area contributed by atoms with Crippen LogP contribution >= 0.6 is 27.5 Å². The molecule has 0 radical (unpaired) electrons. The number of hydrogen-bond donors (Lipinski definition) is 0. The van der Waals surface area contributed by atoms with Gasteiger partial charge in [-0.2, -0.15) is 0 Å². The Morgan fingerprint density at radius 2 is 1.83 bits per heavy atom. The summed E-state index contributed by atoms with van der Waals surface area (Å²) < 4.78 is 0. The van der Waals surface area contributed by atoms with E-state index in [4.69, 9.17) is 11.6 Å². The highest BCUT2D eigenvalue weighted by Crippen LogP contribution is 2.27. The predicted octanol–water partition coefficient (Wildman–Crippen LogP) is 5.37. The summed E-state index contributed by atoms with van der Waals surface area (Å²) in [7, 11) is 0. The fraction of sp³-hybridized carbons (Fsp3) is 0.250. The SMILES string of the molecule is Cc1ccc(CC(CBr)c2ccccc2)c(Cl)c1. The van der Waals surface area contributed by atoms with Crippen molar-refractivity contribution < 1.29 is 0 Å². The van der Waals surface area contributed by atoms with Gasteiger partial charge in [-0.15, -0.1) is 0 Å². The third-order valence-electron chi connectivity index (χ3n) is 3.13. The predicted molar refractivity (Wildman–Crippen MR) is 82.9 cm³/mol. The first-order valence-corrected chi connectivity index (χ1v) is 7.56. The summed E-state index contributed by atoms with van der Waals surface area (Å²) in [6.07, 6.45) is 0.967. The monoisotopic (exact) mass is 322 g/mol. The van der Waals surface area contributed by atoms with Crippen LogP contribution in [0.1, 0.15) is 22.6 Å². The minimum absolute atomic E-state index is 0.464. The molecule has 0 nitrogen and oxygen atoms in total. The number of halogens is 2. The maximum Gasteiger partial charge on any atom is 0.0440 e. The molecule has 0 fully saturated rings. The Kier molecular flexibility index (Phi) is 4.85. The van der Waals surface area contributed by atoms with Crippen LogP contribution in [0.25, 0.3) is 0 Å². The summed E-state index contributed by atoms with van der Waals surface area (Å²) in [6.45, 7) is 2.06. The zero-order valence-corrected chi connectivity index (χ0v) is 12.7. The van der Waals surface area contributed by atoms with Gasteiger partial charge in [0, 0.05) is 10.4 Å². The van der Waals surface area contributed by atoms with Crippen LogP contribution in [0, 0.1) is 6.92 Å². The lowest BCUT2D eigenvalue weighted by molar-refractivity contribution is 0.775. The van der Waals surface area contributed by atoms with Gasteiger partial charge in [0.25, 0.3) is 0 Å². The van der Waals surface area contributed by atoms with E-state index in [-0.39, 0.29) is 0 Å². The van der Waals surface area contributed by atoms with Crippen LogP contribution in [0.15, 0.2) is 48.5 Å². The quantitative estimate of drug-likeness (QED) is 0.664. The van der Waals surface area contributed by atoms with Crippen LogP contribution in [0.2, 0.25) is 5.02 Å². The first-order valence-electron chi connectivity index (χ1n) is 6.06. The molecule has 2 aromatic rings. The van der Waals surface area contributed by atoms with Gasteiger partial charge in [-0.25, -0.2) is 0 Å². The molecular weight excluding hydrogens is 308 g/mol. The van der Waals surface area contributed by atoms with Crippen molar-refractivity contribution in [2.75, 3.05) is 5.33 Å². The molecule has 0 aliphatic heterocycles. The Labute approximate surface area is 122 Å². The highest BCUT2D eigenvalue weighted by Gasteiger charge is 2.12. The molecule has 0 saturated carbocycles. The molecule has 18 heavy (non-hydrogen) atoms. The van der Waals surface area contributed by atoms with Crippen molar-refractivity contribution in [2.24, 2.45) is 0 Å². The Balaban J connectivity index is 2.21. The summed E-state index contributed by atoms with van der Waals surface area (Å²) in [6, 6.07) is 16.9. The van der Waals surface area contributed by atoms with E-state index < -0.39 is 0 Å². The lowest BCUT2D eigenvalue weighted by Crippen LogP contribution is -2.04. The topological polar surface area (TPSA) is 0 Å². The maximum atomic E-state index is 6.30. The molecule has 1 unspecified atom stereocenters. The zero-order valence-electron chi connectivity index (χ0n) is 10.4. The third kappa shape index (κ3) is 3.37. The Bertz CT molecular complexity index is 508. The van der Waals surface area contributed by atoms with Crippen LogP contribution < -0.4 is 0 Å². The van der Waals surface area contributed by atoms with Crippen molar-refractivity contribution >= 4 is 27.5 Å². The first kappa shape index (κ1) is 13.6. The standard InChI is InChI=1S/C16H16BrCl/c1-12-7-8-14(16(18)9-12)10-15(11-17)13-5-3-2-4-6-13/h2-9,15H,10-11H2,1H3. The van der Waals surface area contributed by atoms with Crippen molar-refractivity contribution in [1.82, 2.24) is 0 Å². The second-order valence-electron chi connectivity index (χ2n) is 4.56. The van der Waals surface area contributed by atoms with Crippen LogP contribution in [0.5, 0.6) is 0 Å². The van der Waals surface area contributed by atoms with Crippen LogP contribution in [-0.2, 0) is 6.42 Å². The van der Waals surface area contributed by atoms with Crippen LogP contribution in [-0.4, -0.2) is 5.33 Å². The molecule has 2 rings (SSSR count). The molecule has 0 aliphatic carbocycles. The second kappa shape index (κ2) is 6.40. The Morgan fingerprint density at radius 3 is 2.44 bits per heavy atom. The molecule has 2 heteroatoms. The van der Waals surface area contributed by atoms with E-state index in [2.05, 4.69) is 59.3 Å². The van der Waals surface area contributed by atoms with E-state index in [9.17, 15) is 0 Å². The molecule has 0 heterocycles. The van der Waals surface area contributed by atoms with Gasteiger partial charge in [-0.3, -0.25) is 0 Å². The smallest absolute Gasteiger partial charge is 0.0440 e. The molecule has 1 atom stereocenters. The van der Waals surface area contributed by atoms with Crippen molar-refractivity contribution in [3.05, 3.63) is 70.2 Å². The van der Waals surface area contributed by atoms with E-state index in [0.29, 0.717) is 5.92 Å². The molecule has 0 bridgehead atoms. The Morgan fingerprint density at radius 1 is 1.11 bits per heavy atom. The van der Waals surface area contributed by atoms with Crippen molar-refractivity contribution in [2.45, 2.75) is 19.3 Å². The van der Waals surface area contributed by atoms with E-state index in [1.807, 2.05) is 12.1 Å². The van der Waals surface area contributed by atoms with Crippen LogP contribution in [0.3, 0.4) is 0 Å². The van der Waals surface area contributed by atoms with E-state index in [0.717, 1.165) is 16.8 Å². The van der Waals surface area contributed by atoms with Crippen molar-refractivity contribution in [1.29, 1.82) is 0 Å². The summed E-state index contributed by atoms with van der Waals surface area (Å²) in [4.78, 5) is 0. The van der Waals surface area contributed by atoms with Gasteiger partial charge >= 0.3 is 0 Å². The maximum absolute atomic E-state index is 6.30. The molecule has 0 aliphatic rings. The molecule has 0 aromatic heterocycles. The van der Waals surface area contributed by atoms with E-state index >= 15 is 0 Å². The molecular formula is C16H16BrCl. The summed E-state index contributed by atoms with van der Waals surface area (Å²) in [5.41, 5.74) is 3.78. The molecule has 94 valence electrons. The second-order valence-corrected chi connectivity index (χ2v) is 5.62. The summed E-state index contributed by atoms with van der Waals surface area (Å²) in [5, 5.41) is 1.82. The molecule has 2 aromatic carbocycles. The fourth-order valence-electron chi connectivity index (χ4n) is 2.07. The third-order valence-corrected chi connectivity index (χ3v) is 4.27. The molecule has 0 N–H and O–H groups in total. The lowest BCUT2D eigenvalue weighted by Gasteiger charge is -2.15. The number of aryl methyl sites for hydroxylation is 1. The minimum atomic E-state index is 0.464. The largest absolute Gasteiger partial charge is 0.0921 e. The lowest BCUT2D eigenvalue weighted by atomic mass is 9.93. The normalized spacial score (nSPS) is 12.4. The van der Waals surface area contributed by atoms with Crippen molar-refractivity contribution in [3.63, 3.8) is 0 Å². The fourth-order valence-corrected chi connectivity index (χ4v) is 2.99. The molecule has 0 spiro atoms. The average Bonchev–Trinajstić information content (AvgIpc) is 2.39. The number of benzene rings is 2. The summed E-state index contributed by atoms with van der Waals surface area (Å²) in [5.74, 6) is 0.464. The van der Waals surface area contributed by atoms with E-state index in [1.165, 1.54) is 16.7 Å². The highest BCUT2D eigenvalue weighted by atomic mass is 79.9. The Hall–Kier alpha value is -0.790. The van der Waals surface area contributed by atoms with Gasteiger partial charge in [0.2, 0.25) is 0 Å². The van der Waals surface area contributed by atoms with E-state index in [1.54, 1.807) is 0 Å². The van der Waals surface area contributed by atoms with Crippen LogP contribution in [0.4, 0.5) is 0 Å². The van der Waals surface area contributed by atoms with Gasteiger partial charge in [0.05, 0.1) is 0 Å². The number of hydrogen-bond acceptors (Lipinski definition) is 0. The van der Waals surface area contributed by atoms with Gasteiger partial charge in [0.1, 0.15) is 0 Å². The number of alkyl halides is 1.